The molecule has 0 amide bonds. The van der Waals surface area contributed by atoms with E-state index in [1.165, 1.54) is 50.6 Å². The first-order valence-corrected chi connectivity index (χ1v) is 8.47. The van der Waals surface area contributed by atoms with Crippen molar-refractivity contribution in [1.29, 1.82) is 0 Å². The Balaban J connectivity index is 2.37. The Hall–Kier alpha value is -0.820. The van der Waals surface area contributed by atoms with Gasteiger partial charge in [-0.15, -0.1) is 0 Å². The highest BCUT2D eigenvalue weighted by Crippen LogP contribution is 2.16. The quantitative estimate of drug-likeness (QED) is 0.556. The van der Waals surface area contributed by atoms with Gasteiger partial charge in [0.1, 0.15) is 0 Å². The van der Waals surface area contributed by atoms with Crippen LogP contribution >= 0.6 is 0 Å². The Morgan fingerprint density at radius 3 is 2.35 bits per heavy atom. The molecule has 1 aromatic carbocycles. The third kappa shape index (κ3) is 8.37. The van der Waals surface area contributed by atoms with Crippen LogP contribution in [-0.2, 0) is 6.42 Å². The molecule has 0 fully saturated rings. The molecular formula is C19H33N. The van der Waals surface area contributed by atoms with Crippen LogP contribution < -0.4 is 5.32 Å². The summed E-state index contributed by atoms with van der Waals surface area (Å²) >= 11 is 0. The molecule has 1 nitrogen and oxygen atoms in total. The van der Waals surface area contributed by atoms with Crippen LogP contribution in [0, 0.1) is 11.8 Å². The second kappa shape index (κ2) is 10.9. The summed E-state index contributed by atoms with van der Waals surface area (Å²) in [6.45, 7) is 9.14. The monoisotopic (exact) mass is 275 g/mol. The minimum Gasteiger partial charge on any atom is -0.316 e. The van der Waals surface area contributed by atoms with E-state index in [2.05, 4.69) is 56.4 Å². The Bertz CT molecular complexity index is 318. The molecule has 114 valence electrons. The molecular weight excluding hydrogens is 242 g/mol. The van der Waals surface area contributed by atoms with Crippen molar-refractivity contribution in [2.24, 2.45) is 11.8 Å². The van der Waals surface area contributed by atoms with Gasteiger partial charge in [0.15, 0.2) is 0 Å². The number of rotatable bonds is 11. The fraction of sp³-hybridized carbons (Fsp3) is 0.684. The molecule has 1 unspecified atom stereocenters. The number of nitrogens with one attached hydrogen (secondary N) is 1. The fourth-order valence-electron chi connectivity index (χ4n) is 2.66. The van der Waals surface area contributed by atoms with E-state index in [9.17, 15) is 0 Å². The normalized spacial score (nSPS) is 12.8. The number of unbranched alkanes of at least 4 members (excludes halogenated alkanes) is 3. The molecule has 0 spiro atoms. The van der Waals surface area contributed by atoms with Crippen LogP contribution in [0.3, 0.4) is 0 Å². The first kappa shape index (κ1) is 17.2. The largest absolute Gasteiger partial charge is 0.316 e. The lowest BCUT2D eigenvalue weighted by Crippen LogP contribution is -2.27. The van der Waals surface area contributed by atoms with E-state index in [1.807, 2.05) is 0 Å². The lowest BCUT2D eigenvalue weighted by atomic mass is 9.93. The van der Waals surface area contributed by atoms with Crippen LogP contribution in [0.15, 0.2) is 30.3 Å². The first-order valence-electron chi connectivity index (χ1n) is 8.47. The second-order valence-corrected chi connectivity index (χ2v) is 6.46. The molecule has 0 aliphatic carbocycles. The van der Waals surface area contributed by atoms with Gasteiger partial charge >= 0.3 is 0 Å². The molecule has 1 atom stereocenters. The van der Waals surface area contributed by atoms with Crippen molar-refractivity contribution in [3.05, 3.63) is 35.9 Å². The minimum absolute atomic E-state index is 0.743. The third-order valence-electron chi connectivity index (χ3n) is 3.82. The summed E-state index contributed by atoms with van der Waals surface area (Å²) in [7, 11) is 0. The van der Waals surface area contributed by atoms with Crippen LogP contribution in [-0.4, -0.2) is 13.1 Å². The summed E-state index contributed by atoms with van der Waals surface area (Å²) in [5.41, 5.74) is 1.49. The van der Waals surface area contributed by atoms with Gasteiger partial charge < -0.3 is 5.32 Å². The van der Waals surface area contributed by atoms with Crippen molar-refractivity contribution in [1.82, 2.24) is 5.32 Å². The molecule has 0 heterocycles. The van der Waals surface area contributed by atoms with Gasteiger partial charge in [-0.05, 0) is 43.3 Å². The van der Waals surface area contributed by atoms with Crippen molar-refractivity contribution < 1.29 is 0 Å². The van der Waals surface area contributed by atoms with Crippen molar-refractivity contribution in [2.45, 2.75) is 59.3 Å². The van der Waals surface area contributed by atoms with Crippen molar-refractivity contribution in [2.75, 3.05) is 13.1 Å². The molecule has 0 bridgehead atoms. The first-order chi connectivity index (χ1) is 9.72. The molecule has 0 aliphatic rings. The second-order valence-electron chi connectivity index (χ2n) is 6.46. The van der Waals surface area contributed by atoms with Crippen molar-refractivity contribution >= 4 is 0 Å². The average molecular weight is 275 g/mol. The molecule has 0 aromatic heterocycles. The van der Waals surface area contributed by atoms with Gasteiger partial charge in [-0.25, -0.2) is 0 Å². The predicted molar refractivity (Wildman–Crippen MR) is 90.1 cm³/mol. The average Bonchev–Trinajstić information content (AvgIpc) is 2.44. The Morgan fingerprint density at radius 1 is 0.950 bits per heavy atom. The van der Waals surface area contributed by atoms with E-state index < -0.39 is 0 Å². The molecule has 20 heavy (non-hydrogen) atoms. The Morgan fingerprint density at radius 2 is 1.70 bits per heavy atom. The standard InChI is InChI=1S/C19H33N/c1-4-5-6-8-13-19(16-20-15-17(2)3)14-18-11-9-7-10-12-18/h7,9-12,17,19-20H,4-6,8,13-16H2,1-3H3. The molecule has 0 saturated heterocycles. The summed E-state index contributed by atoms with van der Waals surface area (Å²) in [5.74, 6) is 1.53. The highest BCUT2D eigenvalue weighted by atomic mass is 14.9. The van der Waals surface area contributed by atoms with E-state index in [1.54, 1.807) is 0 Å². The van der Waals surface area contributed by atoms with E-state index in [0.29, 0.717) is 0 Å². The highest BCUT2D eigenvalue weighted by Gasteiger charge is 2.09. The number of hydrogen-bond donors (Lipinski definition) is 1. The van der Waals surface area contributed by atoms with Gasteiger partial charge in [-0.1, -0.05) is 76.8 Å². The van der Waals surface area contributed by atoms with Gasteiger partial charge in [0.05, 0.1) is 0 Å². The van der Waals surface area contributed by atoms with Gasteiger partial charge in [0, 0.05) is 0 Å². The molecule has 1 rings (SSSR count). The zero-order valence-corrected chi connectivity index (χ0v) is 13.7. The zero-order valence-electron chi connectivity index (χ0n) is 13.7. The smallest absolute Gasteiger partial charge is 0.00172 e. The molecule has 1 N–H and O–H groups in total. The number of hydrogen-bond acceptors (Lipinski definition) is 1. The van der Waals surface area contributed by atoms with Gasteiger partial charge in [0.2, 0.25) is 0 Å². The summed E-state index contributed by atoms with van der Waals surface area (Å²) in [6, 6.07) is 11.0. The van der Waals surface area contributed by atoms with Crippen molar-refractivity contribution in [3.8, 4) is 0 Å². The third-order valence-corrected chi connectivity index (χ3v) is 3.82. The topological polar surface area (TPSA) is 12.0 Å². The van der Waals surface area contributed by atoms with Gasteiger partial charge in [-0.3, -0.25) is 0 Å². The Labute approximate surface area is 126 Å². The maximum absolute atomic E-state index is 3.65. The predicted octanol–water partition coefficient (Wildman–Crippen LogP) is 5.06. The molecule has 0 radical (unpaired) electrons. The molecule has 1 heteroatoms. The summed E-state index contributed by atoms with van der Waals surface area (Å²) in [6.07, 6.45) is 8.07. The summed E-state index contributed by atoms with van der Waals surface area (Å²) in [5, 5.41) is 3.65. The lowest BCUT2D eigenvalue weighted by Gasteiger charge is -2.19. The van der Waals surface area contributed by atoms with Crippen LogP contribution in [0.1, 0.15) is 58.4 Å². The van der Waals surface area contributed by atoms with E-state index >= 15 is 0 Å². The van der Waals surface area contributed by atoms with Crippen LogP contribution in [0.4, 0.5) is 0 Å². The van der Waals surface area contributed by atoms with Gasteiger partial charge in [0.25, 0.3) is 0 Å². The minimum atomic E-state index is 0.743. The van der Waals surface area contributed by atoms with Crippen molar-refractivity contribution in [3.63, 3.8) is 0 Å². The van der Waals surface area contributed by atoms with E-state index in [4.69, 9.17) is 0 Å². The Kier molecular flexibility index (Phi) is 9.40. The van der Waals surface area contributed by atoms with Crippen LogP contribution in [0.5, 0.6) is 0 Å². The molecule has 1 aromatic rings. The lowest BCUT2D eigenvalue weighted by molar-refractivity contribution is 0.407. The van der Waals surface area contributed by atoms with Gasteiger partial charge in [-0.2, -0.15) is 0 Å². The van der Waals surface area contributed by atoms with Crippen LogP contribution in [0.2, 0.25) is 0 Å². The molecule has 0 saturated carbocycles. The van der Waals surface area contributed by atoms with E-state index in [0.717, 1.165) is 18.4 Å². The highest BCUT2D eigenvalue weighted by molar-refractivity contribution is 5.15. The van der Waals surface area contributed by atoms with E-state index in [-0.39, 0.29) is 0 Å². The number of benzene rings is 1. The zero-order chi connectivity index (χ0) is 14.6. The molecule has 0 aliphatic heterocycles. The van der Waals surface area contributed by atoms with Crippen LogP contribution in [0.25, 0.3) is 0 Å². The maximum Gasteiger partial charge on any atom is -0.00172 e. The fourth-order valence-corrected chi connectivity index (χ4v) is 2.66. The SMILES string of the molecule is CCCCCCC(CNCC(C)C)Cc1ccccc1. The summed E-state index contributed by atoms with van der Waals surface area (Å²) < 4.78 is 0. The summed E-state index contributed by atoms with van der Waals surface area (Å²) in [4.78, 5) is 0. The maximum atomic E-state index is 3.65.